The summed E-state index contributed by atoms with van der Waals surface area (Å²) in [6, 6.07) is 0. The molecule has 172 valence electrons. The Balaban J connectivity index is 1.28. The maximum absolute atomic E-state index is 13.2. The van der Waals surface area contributed by atoms with Gasteiger partial charge in [0.1, 0.15) is 6.54 Å². The van der Waals surface area contributed by atoms with E-state index in [2.05, 4.69) is 22.3 Å². The van der Waals surface area contributed by atoms with Crippen LogP contribution in [0.25, 0.3) is 0 Å². The van der Waals surface area contributed by atoms with Gasteiger partial charge in [0.2, 0.25) is 0 Å². The lowest BCUT2D eigenvalue weighted by molar-refractivity contribution is -0.137. The second-order valence-electron chi connectivity index (χ2n) is 11.3. The average Bonchev–Trinajstić information content (AvgIpc) is 3.29. The molecular formula is C24H38N4O3. The van der Waals surface area contributed by atoms with Gasteiger partial charge in [0.05, 0.1) is 12.2 Å². The van der Waals surface area contributed by atoms with Crippen molar-refractivity contribution in [1.29, 1.82) is 0 Å². The lowest BCUT2D eigenvalue weighted by atomic mass is 9.49. The van der Waals surface area contributed by atoms with E-state index in [9.17, 15) is 9.90 Å². The fraction of sp³-hybridized carbons (Fsp3) is 0.917. The first-order valence-electron chi connectivity index (χ1n) is 12.3. The summed E-state index contributed by atoms with van der Waals surface area (Å²) < 4.78 is 5.32. The van der Waals surface area contributed by atoms with Gasteiger partial charge in [-0.3, -0.25) is 4.79 Å². The van der Waals surface area contributed by atoms with Gasteiger partial charge in [0.25, 0.3) is 0 Å². The van der Waals surface area contributed by atoms with Gasteiger partial charge in [0.15, 0.2) is 11.6 Å². The maximum Gasteiger partial charge on any atom is 0.171 e. The van der Waals surface area contributed by atoms with E-state index < -0.39 is 5.60 Å². The van der Waals surface area contributed by atoms with Crippen LogP contribution in [-0.2, 0) is 16.1 Å². The quantitative estimate of drug-likeness (QED) is 0.771. The van der Waals surface area contributed by atoms with E-state index in [1.807, 2.05) is 0 Å². The highest BCUT2D eigenvalue weighted by atomic mass is 16.5. The predicted octanol–water partition coefficient (Wildman–Crippen LogP) is 3.20. The fourth-order valence-electron chi connectivity index (χ4n) is 8.53. The fourth-order valence-corrected chi connectivity index (χ4v) is 8.53. The van der Waals surface area contributed by atoms with E-state index in [1.54, 1.807) is 14.0 Å². The molecule has 5 rings (SSSR count). The zero-order valence-electron chi connectivity index (χ0n) is 19.3. The third-order valence-electron chi connectivity index (χ3n) is 9.76. The van der Waals surface area contributed by atoms with Crippen LogP contribution in [0, 0.1) is 47.8 Å². The Bertz CT molecular complexity index is 828. The molecule has 0 spiro atoms. The summed E-state index contributed by atoms with van der Waals surface area (Å²) in [6.45, 7) is 4.92. The second-order valence-corrected chi connectivity index (χ2v) is 11.3. The van der Waals surface area contributed by atoms with Crippen molar-refractivity contribution in [3.63, 3.8) is 0 Å². The number of rotatable bonds is 5. The zero-order chi connectivity index (χ0) is 21.8. The number of Topliss-reactive ketones (excluding diaryl/α,β-unsaturated/α-hetero) is 1. The molecule has 7 nitrogen and oxygen atoms in total. The maximum atomic E-state index is 13.2. The number of carbonyl (C=O) groups is 1. The van der Waals surface area contributed by atoms with Crippen molar-refractivity contribution in [3.05, 3.63) is 5.82 Å². The number of ether oxygens (including phenoxy) is 1. The summed E-state index contributed by atoms with van der Waals surface area (Å²) >= 11 is 0. The van der Waals surface area contributed by atoms with E-state index >= 15 is 0 Å². The highest BCUT2D eigenvalue weighted by Gasteiger charge is 2.59. The summed E-state index contributed by atoms with van der Waals surface area (Å²) in [6.07, 6.45) is 10.00. The van der Waals surface area contributed by atoms with Crippen LogP contribution < -0.4 is 0 Å². The molecule has 1 aromatic rings. The number of aromatic nitrogens is 4. The van der Waals surface area contributed by atoms with Gasteiger partial charge in [-0.25, -0.2) is 0 Å². The van der Waals surface area contributed by atoms with Crippen molar-refractivity contribution in [2.45, 2.75) is 83.8 Å². The number of tetrazole rings is 1. The van der Waals surface area contributed by atoms with Gasteiger partial charge in [-0.2, -0.15) is 4.80 Å². The summed E-state index contributed by atoms with van der Waals surface area (Å²) in [5.41, 5.74) is -0.503. The van der Waals surface area contributed by atoms with Gasteiger partial charge in [-0.15, -0.1) is 10.2 Å². The van der Waals surface area contributed by atoms with Crippen molar-refractivity contribution in [2.24, 2.45) is 40.9 Å². The Hall–Kier alpha value is -1.34. The number of hydrogen-bond acceptors (Lipinski definition) is 6. The number of aryl methyl sites for hydroxylation is 1. The minimum Gasteiger partial charge on any atom is -0.387 e. The lowest BCUT2D eigenvalue weighted by Crippen LogP contribution is -2.52. The first kappa shape index (κ1) is 21.5. The monoisotopic (exact) mass is 430 g/mol. The van der Waals surface area contributed by atoms with E-state index in [1.165, 1.54) is 30.5 Å². The second kappa shape index (κ2) is 7.91. The van der Waals surface area contributed by atoms with Gasteiger partial charge >= 0.3 is 0 Å². The van der Waals surface area contributed by atoms with Crippen molar-refractivity contribution in [1.82, 2.24) is 20.2 Å². The van der Waals surface area contributed by atoms with Crippen LogP contribution in [-0.4, -0.2) is 50.4 Å². The first-order valence-corrected chi connectivity index (χ1v) is 12.3. The Morgan fingerprint density at radius 1 is 1.13 bits per heavy atom. The Morgan fingerprint density at radius 3 is 2.68 bits per heavy atom. The van der Waals surface area contributed by atoms with Crippen LogP contribution in [0.15, 0.2) is 0 Å². The van der Waals surface area contributed by atoms with Crippen molar-refractivity contribution in [2.75, 3.05) is 13.7 Å². The van der Waals surface area contributed by atoms with E-state index in [4.69, 9.17) is 4.74 Å². The Kier molecular flexibility index (Phi) is 5.48. The molecule has 0 bridgehead atoms. The van der Waals surface area contributed by atoms with Gasteiger partial charge in [0, 0.05) is 13.0 Å². The molecule has 1 heterocycles. The molecule has 7 heteroatoms. The molecule has 4 aliphatic rings. The molecule has 0 unspecified atom stereocenters. The van der Waals surface area contributed by atoms with Crippen LogP contribution in [0.2, 0.25) is 0 Å². The minimum atomic E-state index is -0.620. The van der Waals surface area contributed by atoms with E-state index in [-0.39, 0.29) is 23.7 Å². The number of aliphatic hydroxyl groups is 1. The summed E-state index contributed by atoms with van der Waals surface area (Å²) in [5.74, 6) is 4.60. The number of nitrogens with zero attached hydrogens (tertiary/aromatic N) is 4. The van der Waals surface area contributed by atoms with Crippen LogP contribution in [0.5, 0.6) is 0 Å². The molecule has 0 aromatic carbocycles. The van der Waals surface area contributed by atoms with Crippen molar-refractivity contribution in [3.8, 4) is 0 Å². The summed E-state index contributed by atoms with van der Waals surface area (Å²) in [7, 11) is 1.70. The molecule has 0 amide bonds. The molecule has 0 radical (unpaired) electrons. The summed E-state index contributed by atoms with van der Waals surface area (Å²) in [4.78, 5) is 14.7. The molecular weight excluding hydrogens is 392 g/mol. The molecule has 4 aliphatic carbocycles. The highest BCUT2D eigenvalue weighted by Crippen LogP contribution is 2.64. The Morgan fingerprint density at radius 2 is 1.94 bits per heavy atom. The average molecular weight is 431 g/mol. The lowest BCUT2D eigenvalue weighted by Gasteiger charge is -2.57. The molecule has 1 aromatic heterocycles. The number of fused-ring (bicyclic) bond motifs is 5. The van der Waals surface area contributed by atoms with Crippen LogP contribution in [0.1, 0.15) is 70.5 Å². The SMILES string of the molecule is COC[C@]1(O)CC[C@@H]2[C@@H](CC[C@@H]3[C@@H]2CC[C@]2(C)[C@@H](C(=O)Cn4nnc(C)n4)CC[C@@H]32)C1. The molecule has 31 heavy (non-hydrogen) atoms. The third-order valence-corrected chi connectivity index (χ3v) is 9.76. The molecule has 4 fully saturated rings. The smallest absolute Gasteiger partial charge is 0.171 e. The van der Waals surface area contributed by atoms with Gasteiger partial charge < -0.3 is 9.84 Å². The van der Waals surface area contributed by atoms with Crippen molar-refractivity contribution >= 4 is 5.78 Å². The molecule has 8 atom stereocenters. The number of ketones is 1. The van der Waals surface area contributed by atoms with Crippen LogP contribution >= 0.6 is 0 Å². The standard InChI is InChI=1S/C24H38N4O3/c1-15-25-27-28(26-15)13-22(29)21-7-6-20-19-5-4-16-12-24(30,14-31-3)11-9-17(16)18(19)8-10-23(20,21)2/h16-21,30H,4-14H2,1-3H3/t16-,17+,18+,19+,20-,21+,23-,24-/m0/s1. The molecule has 0 aliphatic heterocycles. The molecule has 0 saturated heterocycles. The van der Waals surface area contributed by atoms with Crippen LogP contribution in [0.4, 0.5) is 0 Å². The van der Waals surface area contributed by atoms with Gasteiger partial charge in [-0.05, 0) is 105 Å². The largest absolute Gasteiger partial charge is 0.387 e. The summed E-state index contributed by atoms with van der Waals surface area (Å²) in [5, 5.41) is 23.1. The molecule has 1 N–H and O–H groups in total. The van der Waals surface area contributed by atoms with Crippen molar-refractivity contribution < 1.29 is 14.6 Å². The normalized spacial score (nSPS) is 44.4. The zero-order valence-corrected chi connectivity index (χ0v) is 19.3. The Labute approximate surface area is 185 Å². The topological polar surface area (TPSA) is 90.1 Å². The number of carbonyl (C=O) groups excluding carboxylic acids is 1. The van der Waals surface area contributed by atoms with E-state index in [0.717, 1.165) is 49.9 Å². The third kappa shape index (κ3) is 3.65. The molecule has 4 saturated carbocycles. The number of hydrogen-bond donors (Lipinski definition) is 1. The highest BCUT2D eigenvalue weighted by molar-refractivity contribution is 5.81. The van der Waals surface area contributed by atoms with Gasteiger partial charge in [-0.1, -0.05) is 6.92 Å². The first-order chi connectivity index (χ1) is 14.8. The minimum absolute atomic E-state index is 0.117. The van der Waals surface area contributed by atoms with E-state index in [0.29, 0.717) is 24.3 Å². The number of methoxy groups -OCH3 is 1. The van der Waals surface area contributed by atoms with Crippen LogP contribution in [0.3, 0.4) is 0 Å². The predicted molar refractivity (Wildman–Crippen MR) is 115 cm³/mol.